The Bertz CT molecular complexity index is 944. The highest BCUT2D eigenvalue weighted by Gasteiger charge is 2.29. The van der Waals surface area contributed by atoms with Crippen molar-refractivity contribution in [2.75, 3.05) is 0 Å². The Morgan fingerprint density at radius 2 is 1.79 bits per heavy atom. The van der Waals surface area contributed by atoms with Crippen LogP contribution < -0.4 is 10.0 Å². The van der Waals surface area contributed by atoms with Crippen LogP contribution in [-0.2, 0) is 14.8 Å². The second kappa shape index (κ2) is 9.19. The first-order valence-corrected chi connectivity index (χ1v) is 11.3. The summed E-state index contributed by atoms with van der Waals surface area (Å²) in [6, 6.07) is 8.42. The van der Waals surface area contributed by atoms with E-state index in [2.05, 4.69) is 15.0 Å². The highest BCUT2D eigenvalue weighted by atomic mass is 35.5. The average Bonchev–Trinajstić information content (AvgIpc) is 2.69. The van der Waals surface area contributed by atoms with Crippen LogP contribution in [0.4, 0.5) is 4.39 Å². The zero-order chi connectivity index (χ0) is 21.0. The van der Waals surface area contributed by atoms with E-state index in [1.807, 2.05) is 6.92 Å². The van der Waals surface area contributed by atoms with Gasteiger partial charge in [0.25, 0.3) is 0 Å². The Morgan fingerprint density at radius 1 is 1.14 bits per heavy atom. The van der Waals surface area contributed by atoms with E-state index in [1.54, 1.807) is 12.1 Å². The summed E-state index contributed by atoms with van der Waals surface area (Å²) in [6.45, 7) is 1.85. The van der Waals surface area contributed by atoms with Crippen LogP contribution in [0.3, 0.4) is 0 Å². The monoisotopic (exact) mass is 439 g/mol. The normalized spacial score (nSPS) is 20.8. The number of nitrogens with one attached hydrogen (secondary N) is 2. The molecule has 0 unspecified atom stereocenters. The molecule has 0 radical (unpaired) electrons. The Balaban J connectivity index is 1.51. The van der Waals surface area contributed by atoms with Crippen molar-refractivity contribution in [3.8, 4) is 0 Å². The van der Waals surface area contributed by atoms with E-state index in [0.717, 1.165) is 5.56 Å². The number of rotatable bonds is 6. The maximum absolute atomic E-state index is 13.0. The van der Waals surface area contributed by atoms with E-state index in [4.69, 9.17) is 11.6 Å². The average molecular weight is 440 g/mol. The zero-order valence-corrected chi connectivity index (χ0v) is 17.5. The number of nitrogens with zero attached hydrogens (tertiary/aromatic N) is 1. The van der Waals surface area contributed by atoms with Gasteiger partial charge >= 0.3 is 0 Å². The maximum atomic E-state index is 13.0. The van der Waals surface area contributed by atoms with E-state index in [1.165, 1.54) is 30.5 Å². The van der Waals surface area contributed by atoms with Crippen molar-refractivity contribution in [3.05, 3.63) is 59.1 Å². The lowest BCUT2D eigenvalue weighted by atomic mass is 9.85. The molecule has 1 aromatic heterocycles. The summed E-state index contributed by atoms with van der Waals surface area (Å²) in [5.74, 6) is -0.552. The zero-order valence-electron chi connectivity index (χ0n) is 15.9. The molecule has 1 heterocycles. The summed E-state index contributed by atoms with van der Waals surface area (Å²) >= 11 is 5.70. The summed E-state index contributed by atoms with van der Waals surface area (Å²) in [6.07, 6.45) is 3.55. The maximum Gasteiger partial charge on any atom is 0.242 e. The Morgan fingerprint density at radius 3 is 2.38 bits per heavy atom. The highest BCUT2D eigenvalue weighted by molar-refractivity contribution is 7.89. The Kier molecular flexibility index (Phi) is 6.87. The fourth-order valence-electron chi connectivity index (χ4n) is 3.45. The van der Waals surface area contributed by atoms with Gasteiger partial charge < -0.3 is 5.32 Å². The highest BCUT2D eigenvalue weighted by Crippen LogP contribution is 2.27. The van der Waals surface area contributed by atoms with Crippen LogP contribution in [0.1, 0.15) is 44.2 Å². The molecule has 0 saturated heterocycles. The number of carbonyl (C=O) groups is 1. The molecule has 1 atom stereocenters. The third kappa shape index (κ3) is 5.74. The number of hydrogen-bond donors (Lipinski definition) is 2. The van der Waals surface area contributed by atoms with Gasteiger partial charge in [-0.2, -0.15) is 0 Å². The molecule has 2 aromatic rings. The molecule has 0 spiro atoms. The molecule has 6 nitrogen and oxygen atoms in total. The molecule has 1 saturated carbocycles. The molecule has 1 aliphatic rings. The van der Waals surface area contributed by atoms with E-state index in [-0.39, 0.29) is 39.8 Å². The summed E-state index contributed by atoms with van der Waals surface area (Å²) in [4.78, 5) is 16.4. The van der Waals surface area contributed by atoms with Gasteiger partial charge in [0.1, 0.15) is 15.9 Å². The third-order valence-corrected chi connectivity index (χ3v) is 6.89. The number of benzene rings is 1. The lowest BCUT2D eigenvalue weighted by molar-refractivity contribution is -0.126. The summed E-state index contributed by atoms with van der Waals surface area (Å²) in [5.41, 5.74) is 0.831. The molecular formula is C20H23ClFN3O3S. The molecule has 0 bridgehead atoms. The van der Waals surface area contributed by atoms with Gasteiger partial charge in [-0.1, -0.05) is 23.7 Å². The molecule has 0 aliphatic heterocycles. The molecule has 9 heteroatoms. The van der Waals surface area contributed by atoms with Crippen LogP contribution in [-0.4, -0.2) is 25.4 Å². The van der Waals surface area contributed by atoms with Crippen LogP contribution in [0, 0.1) is 11.7 Å². The minimum absolute atomic E-state index is 0.0647. The molecule has 1 fully saturated rings. The van der Waals surface area contributed by atoms with Crippen molar-refractivity contribution in [2.45, 2.75) is 49.6 Å². The van der Waals surface area contributed by atoms with Crippen LogP contribution in [0.5, 0.6) is 0 Å². The number of pyridine rings is 1. The lowest BCUT2D eigenvalue weighted by Crippen LogP contribution is -2.41. The minimum Gasteiger partial charge on any atom is -0.349 e. The summed E-state index contributed by atoms with van der Waals surface area (Å²) < 4.78 is 40.6. The second-order valence-corrected chi connectivity index (χ2v) is 9.37. The van der Waals surface area contributed by atoms with E-state index in [0.29, 0.717) is 25.7 Å². The molecule has 29 heavy (non-hydrogen) atoms. The number of hydrogen-bond acceptors (Lipinski definition) is 4. The Hall–Kier alpha value is -2.03. The standard InChI is InChI=1S/C20H23ClFN3O3S/c1-13(14-2-6-16(22)7-3-14)24-20(26)15-4-8-17(9-5-15)25-29(27,28)18-10-11-19(21)23-12-18/h2-3,6-7,10-13,15,17,25H,4-5,8-9H2,1H3,(H,24,26)/t13-,15?,17?/m1/s1. The van der Waals surface area contributed by atoms with Crippen molar-refractivity contribution in [2.24, 2.45) is 5.92 Å². The first-order valence-electron chi connectivity index (χ1n) is 9.44. The lowest BCUT2D eigenvalue weighted by Gasteiger charge is -2.29. The van der Waals surface area contributed by atoms with Crippen LogP contribution in [0.15, 0.2) is 47.5 Å². The van der Waals surface area contributed by atoms with Gasteiger partial charge in [0, 0.05) is 18.2 Å². The molecular weight excluding hydrogens is 417 g/mol. The van der Waals surface area contributed by atoms with Gasteiger partial charge in [0.2, 0.25) is 15.9 Å². The topological polar surface area (TPSA) is 88.2 Å². The predicted molar refractivity (Wildman–Crippen MR) is 108 cm³/mol. The van der Waals surface area contributed by atoms with Gasteiger partial charge in [-0.25, -0.2) is 22.5 Å². The molecule has 1 aromatic carbocycles. The van der Waals surface area contributed by atoms with Gasteiger partial charge in [0.15, 0.2) is 0 Å². The van der Waals surface area contributed by atoms with E-state index in [9.17, 15) is 17.6 Å². The molecule has 1 aliphatic carbocycles. The van der Waals surface area contributed by atoms with Crippen molar-refractivity contribution in [1.29, 1.82) is 0 Å². The molecule has 2 N–H and O–H groups in total. The van der Waals surface area contributed by atoms with Gasteiger partial charge in [-0.15, -0.1) is 0 Å². The van der Waals surface area contributed by atoms with E-state index < -0.39 is 10.0 Å². The van der Waals surface area contributed by atoms with Gasteiger partial charge in [0.05, 0.1) is 6.04 Å². The SMILES string of the molecule is C[C@@H](NC(=O)C1CCC(NS(=O)(=O)c2ccc(Cl)nc2)CC1)c1ccc(F)cc1. The molecule has 156 valence electrons. The van der Waals surface area contributed by atoms with Crippen LogP contribution >= 0.6 is 11.6 Å². The summed E-state index contributed by atoms with van der Waals surface area (Å²) in [7, 11) is -3.68. The largest absolute Gasteiger partial charge is 0.349 e. The van der Waals surface area contributed by atoms with Gasteiger partial charge in [-0.05, 0) is 62.4 Å². The van der Waals surface area contributed by atoms with Crippen molar-refractivity contribution in [1.82, 2.24) is 15.0 Å². The predicted octanol–water partition coefficient (Wildman–Crippen LogP) is 3.59. The first kappa shape index (κ1) is 21.7. The Labute approximate surface area is 174 Å². The number of halogens is 2. The van der Waals surface area contributed by atoms with Crippen molar-refractivity contribution < 1.29 is 17.6 Å². The molecule has 3 rings (SSSR count). The quantitative estimate of drug-likeness (QED) is 0.673. The fraction of sp³-hybridized carbons (Fsp3) is 0.400. The second-order valence-electron chi connectivity index (χ2n) is 7.27. The fourth-order valence-corrected chi connectivity index (χ4v) is 4.81. The van der Waals surface area contributed by atoms with E-state index >= 15 is 0 Å². The molecule has 1 amide bonds. The van der Waals surface area contributed by atoms with Crippen molar-refractivity contribution in [3.63, 3.8) is 0 Å². The number of carbonyl (C=O) groups excluding carboxylic acids is 1. The minimum atomic E-state index is -3.68. The first-order chi connectivity index (χ1) is 13.7. The van der Waals surface area contributed by atoms with Gasteiger partial charge in [-0.3, -0.25) is 4.79 Å². The van der Waals surface area contributed by atoms with Crippen LogP contribution in [0.25, 0.3) is 0 Å². The number of amides is 1. The third-order valence-electron chi connectivity index (χ3n) is 5.16. The summed E-state index contributed by atoms with van der Waals surface area (Å²) in [5, 5.41) is 3.19. The number of aromatic nitrogens is 1. The number of sulfonamides is 1. The smallest absolute Gasteiger partial charge is 0.242 e. The van der Waals surface area contributed by atoms with Crippen LogP contribution in [0.2, 0.25) is 5.15 Å². The van der Waals surface area contributed by atoms with Crippen molar-refractivity contribution >= 4 is 27.5 Å².